The second-order valence-corrected chi connectivity index (χ2v) is 7.01. The Labute approximate surface area is 171 Å². The van der Waals surface area contributed by atoms with Crippen LogP contribution in [0, 0.1) is 0 Å². The number of unbranched alkanes of at least 4 members (excludes halogenated alkanes) is 3. The molecule has 0 aliphatic heterocycles. The standard InChI is InChI=1S/C18H22O5S.Na/c1-2-3-4-5-8-14-11-12-16(15(19)13-14)23-17-9-6-7-10-18(17)24(20,21)22;/h6-7,9-13,19H,2-5,8H2,1H3,(H,20,21,22);/q;+1/p-1. The third-order valence-corrected chi connectivity index (χ3v) is 4.57. The number of hydrogen-bond donors (Lipinski definition) is 1. The zero-order valence-corrected chi connectivity index (χ0v) is 17.4. The fourth-order valence-corrected chi connectivity index (χ4v) is 3.03. The summed E-state index contributed by atoms with van der Waals surface area (Å²) in [6.45, 7) is 2.15. The smallest absolute Gasteiger partial charge is 0.870 e. The van der Waals surface area contributed by atoms with Crippen LogP contribution in [0.5, 0.6) is 17.2 Å². The van der Waals surface area contributed by atoms with Crippen molar-refractivity contribution in [2.75, 3.05) is 0 Å². The molecule has 130 valence electrons. The minimum Gasteiger partial charge on any atom is -0.870 e. The molecule has 2 aromatic carbocycles. The molecule has 0 heterocycles. The molecule has 7 heteroatoms. The average Bonchev–Trinajstić information content (AvgIpc) is 2.53. The van der Waals surface area contributed by atoms with Gasteiger partial charge >= 0.3 is 29.6 Å². The topological polar surface area (TPSA) is 86.7 Å². The van der Waals surface area contributed by atoms with Crippen LogP contribution in [0.15, 0.2) is 47.4 Å². The van der Waals surface area contributed by atoms with Crippen LogP contribution in [0.3, 0.4) is 0 Å². The number of rotatable bonds is 8. The van der Waals surface area contributed by atoms with Gasteiger partial charge in [-0.15, -0.1) is 0 Å². The first kappa shape index (κ1) is 22.0. The Balaban J connectivity index is 0.00000312. The maximum atomic E-state index is 12.2. The van der Waals surface area contributed by atoms with Crippen LogP contribution >= 0.6 is 0 Å². The molecule has 0 amide bonds. The van der Waals surface area contributed by atoms with Crippen LogP contribution in [0.25, 0.3) is 0 Å². The van der Waals surface area contributed by atoms with E-state index in [-0.39, 0.29) is 51.7 Å². The van der Waals surface area contributed by atoms with Gasteiger partial charge in [0.2, 0.25) is 0 Å². The van der Waals surface area contributed by atoms with Crippen LogP contribution in [-0.4, -0.2) is 13.0 Å². The van der Waals surface area contributed by atoms with Crippen LogP contribution in [0.1, 0.15) is 38.2 Å². The van der Waals surface area contributed by atoms with E-state index < -0.39 is 10.1 Å². The fraction of sp³-hybridized carbons (Fsp3) is 0.333. The summed E-state index contributed by atoms with van der Waals surface area (Å²) >= 11 is 0. The zero-order valence-electron chi connectivity index (χ0n) is 14.6. The molecule has 0 radical (unpaired) electrons. The minimum atomic E-state index is -4.42. The van der Waals surface area contributed by atoms with Gasteiger partial charge in [0.15, 0.2) is 0 Å². The summed E-state index contributed by atoms with van der Waals surface area (Å²) in [6, 6.07) is 10.5. The van der Waals surface area contributed by atoms with Crippen molar-refractivity contribution in [1.29, 1.82) is 0 Å². The summed E-state index contributed by atoms with van der Waals surface area (Å²) in [6.07, 6.45) is 5.32. The number of para-hydroxylation sites is 1. The van der Waals surface area contributed by atoms with Crippen LogP contribution in [0.4, 0.5) is 0 Å². The van der Waals surface area contributed by atoms with E-state index in [0.717, 1.165) is 31.2 Å². The van der Waals surface area contributed by atoms with Crippen molar-refractivity contribution in [3.05, 3.63) is 48.0 Å². The molecular weight excluding hydrogens is 351 g/mol. The van der Waals surface area contributed by atoms with E-state index in [1.54, 1.807) is 12.1 Å². The third-order valence-electron chi connectivity index (χ3n) is 3.67. The minimum absolute atomic E-state index is 0. The average molecular weight is 372 g/mol. The van der Waals surface area contributed by atoms with Gasteiger partial charge in [0, 0.05) is 0 Å². The molecule has 0 fully saturated rings. The van der Waals surface area contributed by atoms with Gasteiger partial charge < -0.3 is 9.84 Å². The zero-order chi connectivity index (χ0) is 17.6. The molecule has 0 bridgehead atoms. The van der Waals surface area contributed by atoms with Crippen LogP contribution in [-0.2, 0) is 16.5 Å². The molecule has 1 N–H and O–H groups in total. The summed E-state index contributed by atoms with van der Waals surface area (Å²) < 4.78 is 37.3. The molecule has 0 aromatic heterocycles. The number of aryl methyl sites for hydroxylation is 1. The van der Waals surface area contributed by atoms with E-state index in [1.165, 1.54) is 36.8 Å². The van der Waals surface area contributed by atoms with Gasteiger partial charge in [-0.3, -0.25) is 4.55 Å². The van der Waals surface area contributed by atoms with Crippen molar-refractivity contribution in [3.63, 3.8) is 0 Å². The summed E-state index contributed by atoms with van der Waals surface area (Å²) in [5, 5.41) is 12.2. The Morgan fingerprint density at radius 3 is 2.40 bits per heavy atom. The van der Waals surface area contributed by atoms with E-state index in [4.69, 9.17) is 4.74 Å². The Bertz CT molecular complexity index is 790. The Morgan fingerprint density at radius 1 is 1.04 bits per heavy atom. The molecule has 0 aliphatic carbocycles. The quantitative estimate of drug-likeness (QED) is 0.423. The van der Waals surface area contributed by atoms with Gasteiger partial charge in [0.1, 0.15) is 16.4 Å². The normalized spacial score (nSPS) is 11.0. The van der Waals surface area contributed by atoms with E-state index in [0.29, 0.717) is 0 Å². The second kappa shape index (κ2) is 10.2. The predicted molar refractivity (Wildman–Crippen MR) is 90.1 cm³/mol. The van der Waals surface area contributed by atoms with E-state index in [9.17, 15) is 18.1 Å². The van der Waals surface area contributed by atoms with Gasteiger partial charge in [0.25, 0.3) is 10.1 Å². The molecule has 25 heavy (non-hydrogen) atoms. The molecule has 0 saturated carbocycles. The monoisotopic (exact) mass is 372 g/mol. The molecular formula is C18H21NaO5S. The molecule has 0 saturated heterocycles. The third kappa shape index (κ3) is 6.64. The maximum Gasteiger partial charge on any atom is 1.00 e. The van der Waals surface area contributed by atoms with E-state index in [1.807, 2.05) is 0 Å². The van der Waals surface area contributed by atoms with Gasteiger partial charge in [-0.2, -0.15) is 8.42 Å². The van der Waals surface area contributed by atoms with Crippen molar-refractivity contribution < 1.29 is 52.4 Å². The van der Waals surface area contributed by atoms with Crippen molar-refractivity contribution in [3.8, 4) is 17.2 Å². The predicted octanol–water partition coefficient (Wildman–Crippen LogP) is 0.926. The van der Waals surface area contributed by atoms with Gasteiger partial charge in [-0.1, -0.05) is 56.2 Å². The molecule has 0 aliphatic rings. The number of ether oxygens (including phenoxy) is 1. The SMILES string of the molecule is CCCCCCc1ccc(Oc2ccccc2S(=O)(=O)O)c([O-])c1.[Na+]. The van der Waals surface area contributed by atoms with Crippen molar-refractivity contribution in [1.82, 2.24) is 0 Å². The summed E-state index contributed by atoms with van der Waals surface area (Å²) in [4.78, 5) is -0.368. The van der Waals surface area contributed by atoms with E-state index in [2.05, 4.69) is 6.92 Å². The van der Waals surface area contributed by atoms with Gasteiger partial charge in [-0.05, 0) is 36.6 Å². The first-order valence-corrected chi connectivity index (χ1v) is 9.40. The van der Waals surface area contributed by atoms with Crippen molar-refractivity contribution in [2.45, 2.75) is 43.9 Å². The first-order chi connectivity index (χ1) is 11.4. The van der Waals surface area contributed by atoms with Crippen molar-refractivity contribution >= 4 is 10.1 Å². The Hall–Kier alpha value is -1.05. The number of benzene rings is 2. The largest absolute Gasteiger partial charge is 1.00 e. The molecule has 5 nitrogen and oxygen atoms in total. The molecule has 0 atom stereocenters. The summed E-state index contributed by atoms with van der Waals surface area (Å²) in [5.74, 6) is -0.357. The van der Waals surface area contributed by atoms with Gasteiger partial charge in [-0.25, -0.2) is 0 Å². The number of hydrogen-bond acceptors (Lipinski definition) is 4. The summed E-state index contributed by atoms with van der Waals surface area (Å²) in [7, 11) is -4.42. The van der Waals surface area contributed by atoms with Crippen LogP contribution in [0.2, 0.25) is 0 Å². The summed E-state index contributed by atoms with van der Waals surface area (Å²) in [5.41, 5.74) is 0.937. The Morgan fingerprint density at radius 2 is 1.76 bits per heavy atom. The van der Waals surface area contributed by atoms with Crippen molar-refractivity contribution in [2.24, 2.45) is 0 Å². The molecule has 2 aromatic rings. The molecule has 2 rings (SSSR count). The van der Waals surface area contributed by atoms with Gasteiger partial charge in [0.05, 0.1) is 0 Å². The molecule has 0 unspecified atom stereocenters. The second-order valence-electron chi connectivity index (χ2n) is 5.62. The first-order valence-electron chi connectivity index (χ1n) is 7.96. The fourth-order valence-electron chi connectivity index (χ4n) is 2.41. The Kier molecular flexibility index (Phi) is 8.96. The van der Waals surface area contributed by atoms with E-state index >= 15 is 0 Å². The maximum absolute atomic E-state index is 12.2. The molecule has 0 spiro atoms. The van der Waals surface area contributed by atoms with Crippen LogP contribution < -0.4 is 39.4 Å².